The number of benzene rings is 1. The largest absolute Gasteiger partial charge is 0.345 e. The van der Waals surface area contributed by atoms with Crippen molar-refractivity contribution in [2.45, 2.75) is 46.6 Å². The lowest BCUT2D eigenvalue weighted by atomic mass is 9.99. The molecule has 2 rings (SSSR count). The van der Waals surface area contributed by atoms with E-state index in [1.54, 1.807) is 4.68 Å². The molecule has 0 bridgehead atoms. The number of amides is 1. The molecular formula is C18H25N3O. The fourth-order valence-corrected chi connectivity index (χ4v) is 2.62. The number of hydrogen-bond acceptors (Lipinski definition) is 2. The number of rotatable bonds is 4. The third kappa shape index (κ3) is 3.21. The molecule has 0 aliphatic heterocycles. The first-order valence-corrected chi connectivity index (χ1v) is 7.72. The molecule has 1 amide bonds. The summed E-state index contributed by atoms with van der Waals surface area (Å²) >= 11 is 0. The number of hydrogen-bond donors (Lipinski definition) is 1. The monoisotopic (exact) mass is 299 g/mol. The maximum atomic E-state index is 12.5. The van der Waals surface area contributed by atoms with Gasteiger partial charge in [0.05, 0.1) is 17.3 Å². The third-order valence-electron chi connectivity index (χ3n) is 4.19. The second-order valence-corrected chi connectivity index (χ2v) is 6.19. The highest BCUT2D eigenvalue weighted by atomic mass is 16.1. The van der Waals surface area contributed by atoms with Crippen molar-refractivity contribution in [1.29, 1.82) is 0 Å². The van der Waals surface area contributed by atoms with Gasteiger partial charge in [-0.05, 0) is 37.8 Å². The van der Waals surface area contributed by atoms with Gasteiger partial charge in [0, 0.05) is 12.7 Å². The molecule has 1 aromatic carbocycles. The molecule has 0 aliphatic rings. The van der Waals surface area contributed by atoms with Crippen molar-refractivity contribution in [3.05, 3.63) is 52.3 Å². The molecule has 0 saturated carbocycles. The van der Waals surface area contributed by atoms with Gasteiger partial charge in [0.1, 0.15) is 0 Å². The van der Waals surface area contributed by atoms with Crippen LogP contribution in [0.5, 0.6) is 0 Å². The molecule has 1 aromatic heterocycles. The van der Waals surface area contributed by atoms with Crippen LogP contribution in [0.25, 0.3) is 0 Å². The van der Waals surface area contributed by atoms with E-state index in [2.05, 4.69) is 48.5 Å². The second-order valence-electron chi connectivity index (χ2n) is 6.19. The Labute approximate surface area is 132 Å². The van der Waals surface area contributed by atoms with Crippen molar-refractivity contribution in [2.24, 2.45) is 7.05 Å². The van der Waals surface area contributed by atoms with Gasteiger partial charge in [-0.25, -0.2) is 0 Å². The normalized spacial score (nSPS) is 12.5. The zero-order chi connectivity index (χ0) is 16.4. The van der Waals surface area contributed by atoms with E-state index in [0.717, 1.165) is 17.0 Å². The Morgan fingerprint density at radius 1 is 1.09 bits per heavy atom. The van der Waals surface area contributed by atoms with Gasteiger partial charge < -0.3 is 5.32 Å². The summed E-state index contributed by atoms with van der Waals surface area (Å²) < 4.78 is 1.74. The Morgan fingerprint density at radius 2 is 1.64 bits per heavy atom. The molecule has 0 saturated heterocycles. The van der Waals surface area contributed by atoms with Gasteiger partial charge in [0.25, 0.3) is 5.91 Å². The number of aryl methyl sites for hydroxylation is 2. The molecule has 0 radical (unpaired) electrons. The summed E-state index contributed by atoms with van der Waals surface area (Å²) in [5, 5.41) is 7.36. The molecule has 118 valence electrons. The predicted molar refractivity (Wildman–Crippen MR) is 89.1 cm³/mol. The third-order valence-corrected chi connectivity index (χ3v) is 4.19. The average Bonchev–Trinajstić information content (AvgIpc) is 2.72. The summed E-state index contributed by atoms with van der Waals surface area (Å²) in [7, 11) is 1.85. The van der Waals surface area contributed by atoms with E-state index in [0.29, 0.717) is 11.5 Å². The molecule has 1 atom stereocenters. The maximum Gasteiger partial charge on any atom is 0.255 e. The van der Waals surface area contributed by atoms with E-state index < -0.39 is 0 Å². The van der Waals surface area contributed by atoms with Gasteiger partial charge in [-0.3, -0.25) is 9.48 Å². The Balaban J connectivity index is 2.14. The number of carbonyl (C=O) groups excluding carboxylic acids is 1. The van der Waals surface area contributed by atoms with Crippen LogP contribution in [-0.2, 0) is 7.05 Å². The molecule has 22 heavy (non-hydrogen) atoms. The molecule has 0 fully saturated rings. The summed E-state index contributed by atoms with van der Waals surface area (Å²) in [4.78, 5) is 12.5. The number of nitrogens with one attached hydrogen (secondary N) is 1. The van der Waals surface area contributed by atoms with Gasteiger partial charge in [-0.15, -0.1) is 0 Å². The van der Waals surface area contributed by atoms with Crippen LogP contribution < -0.4 is 5.32 Å². The standard InChI is InChI=1S/C18H25N3O/c1-11(2)15-7-9-16(10-8-15)12(3)19-18(22)17-13(4)20-21(6)14(17)5/h7-12H,1-6H3,(H,19,22)/t12-/m0/s1. The van der Waals surface area contributed by atoms with Gasteiger partial charge in [-0.1, -0.05) is 38.1 Å². The fourth-order valence-electron chi connectivity index (χ4n) is 2.62. The highest BCUT2D eigenvalue weighted by Crippen LogP contribution is 2.20. The van der Waals surface area contributed by atoms with E-state index in [1.807, 2.05) is 27.8 Å². The smallest absolute Gasteiger partial charge is 0.255 e. The average molecular weight is 299 g/mol. The number of carbonyl (C=O) groups is 1. The highest BCUT2D eigenvalue weighted by Gasteiger charge is 2.19. The lowest BCUT2D eigenvalue weighted by Crippen LogP contribution is -2.27. The van der Waals surface area contributed by atoms with E-state index in [-0.39, 0.29) is 11.9 Å². The topological polar surface area (TPSA) is 46.9 Å². The molecule has 4 nitrogen and oxygen atoms in total. The Kier molecular flexibility index (Phi) is 4.69. The Morgan fingerprint density at radius 3 is 2.09 bits per heavy atom. The molecule has 0 spiro atoms. The molecule has 2 aromatic rings. The lowest BCUT2D eigenvalue weighted by molar-refractivity contribution is 0.0938. The van der Waals surface area contributed by atoms with Crippen LogP contribution in [0.15, 0.2) is 24.3 Å². The SMILES string of the molecule is Cc1nn(C)c(C)c1C(=O)N[C@@H](C)c1ccc(C(C)C)cc1. The van der Waals surface area contributed by atoms with Gasteiger partial charge >= 0.3 is 0 Å². The van der Waals surface area contributed by atoms with Crippen molar-refractivity contribution in [3.63, 3.8) is 0 Å². The Bertz CT molecular complexity index is 668. The minimum absolute atomic E-state index is 0.0345. The van der Waals surface area contributed by atoms with Crippen LogP contribution in [0, 0.1) is 13.8 Å². The lowest BCUT2D eigenvalue weighted by Gasteiger charge is -2.16. The molecular weight excluding hydrogens is 274 g/mol. The number of nitrogens with zero attached hydrogens (tertiary/aromatic N) is 2. The summed E-state index contributed by atoms with van der Waals surface area (Å²) in [5.74, 6) is 0.447. The van der Waals surface area contributed by atoms with Crippen LogP contribution in [-0.4, -0.2) is 15.7 Å². The minimum Gasteiger partial charge on any atom is -0.345 e. The van der Waals surface area contributed by atoms with Crippen molar-refractivity contribution in [2.75, 3.05) is 0 Å². The molecule has 0 aliphatic carbocycles. The summed E-state index contributed by atoms with van der Waals surface area (Å²) in [6.07, 6.45) is 0. The molecule has 1 N–H and O–H groups in total. The van der Waals surface area contributed by atoms with Crippen LogP contribution in [0.3, 0.4) is 0 Å². The number of aromatic nitrogens is 2. The molecule has 0 unspecified atom stereocenters. The van der Waals surface area contributed by atoms with E-state index in [9.17, 15) is 4.79 Å². The van der Waals surface area contributed by atoms with Crippen molar-refractivity contribution in [3.8, 4) is 0 Å². The first-order valence-electron chi connectivity index (χ1n) is 7.72. The fraction of sp³-hybridized carbons (Fsp3) is 0.444. The summed E-state index contributed by atoms with van der Waals surface area (Å²) in [5.41, 5.74) is 4.74. The van der Waals surface area contributed by atoms with E-state index in [1.165, 1.54) is 5.56 Å². The zero-order valence-corrected chi connectivity index (χ0v) is 14.3. The zero-order valence-electron chi connectivity index (χ0n) is 14.3. The first-order chi connectivity index (χ1) is 10.3. The quantitative estimate of drug-likeness (QED) is 0.936. The molecule has 4 heteroatoms. The predicted octanol–water partition coefficient (Wildman–Crippen LogP) is 3.65. The van der Waals surface area contributed by atoms with Crippen molar-refractivity contribution >= 4 is 5.91 Å². The van der Waals surface area contributed by atoms with Crippen molar-refractivity contribution < 1.29 is 4.79 Å². The molecule has 1 heterocycles. The van der Waals surface area contributed by atoms with Crippen LogP contribution in [0.1, 0.15) is 65.6 Å². The summed E-state index contributed by atoms with van der Waals surface area (Å²) in [6.45, 7) is 10.1. The van der Waals surface area contributed by atoms with Crippen LogP contribution >= 0.6 is 0 Å². The minimum atomic E-state index is -0.0662. The van der Waals surface area contributed by atoms with E-state index >= 15 is 0 Å². The van der Waals surface area contributed by atoms with Crippen LogP contribution in [0.2, 0.25) is 0 Å². The first kappa shape index (κ1) is 16.3. The van der Waals surface area contributed by atoms with E-state index in [4.69, 9.17) is 0 Å². The van der Waals surface area contributed by atoms with Crippen molar-refractivity contribution in [1.82, 2.24) is 15.1 Å². The highest BCUT2D eigenvalue weighted by molar-refractivity contribution is 5.96. The second kappa shape index (κ2) is 6.34. The Hall–Kier alpha value is -2.10. The van der Waals surface area contributed by atoms with Gasteiger partial charge in [-0.2, -0.15) is 5.10 Å². The van der Waals surface area contributed by atoms with Gasteiger partial charge in [0.15, 0.2) is 0 Å². The van der Waals surface area contributed by atoms with Crippen LogP contribution in [0.4, 0.5) is 0 Å². The summed E-state index contributed by atoms with van der Waals surface area (Å²) in [6, 6.07) is 8.39. The maximum absolute atomic E-state index is 12.5. The van der Waals surface area contributed by atoms with Gasteiger partial charge in [0.2, 0.25) is 0 Å².